The van der Waals surface area contributed by atoms with E-state index in [1.165, 1.54) is 51.4 Å². The monoisotopic (exact) mass is 950 g/mol. The Labute approximate surface area is 387 Å². The second-order valence-corrected chi connectivity index (χ2v) is 16.5. The van der Waals surface area contributed by atoms with Crippen LogP contribution in [0.3, 0.4) is 0 Å². The van der Waals surface area contributed by atoms with Gasteiger partial charge >= 0.3 is 21.6 Å². The van der Waals surface area contributed by atoms with E-state index in [0.29, 0.717) is 12.8 Å². The van der Waals surface area contributed by atoms with Gasteiger partial charge in [-0.25, -0.2) is 9.13 Å². The standard InChI is InChI=1S/C26H52O16P2.C17H11NO.11H2/c1-2-3-4-5-6-7-8-9-10-11-12-13-14-15-20(28)40-19(16-38-18-27)17-39-44(36,37)42-26-23(31)21(29)22(30)25(24(26)32)41-43(33,34)35;1-3-5-6-7-8-9-10-11-12-13-14-16-18-17(19)15-4-2;;;;;;;;;;;/h19,21-27,29-32H,2-18H2,1H3,(H,36,37)(H2,33,34,35);4,15H2,1-2H3,(H,18,19);11*1H/t19-,21?,22-,23+,24?,25-,26?;;;;;;;;;;;;/m1............/s1. The molecule has 0 radical (unpaired) electrons. The van der Waals surface area contributed by atoms with E-state index in [4.69, 9.17) is 33.4 Å². The molecule has 0 bridgehead atoms. The first-order chi connectivity index (χ1) is 30.0. The highest BCUT2D eigenvalue weighted by Gasteiger charge is 2.54. The molecular weight excluding hydrogens is 864 g/mol. The first-order valence-electron chi connectivity index (χ1n) is 20.7. The lowest BCUT2D eigenvalue weighted by Gasteiger charge is -2.43. The Kier molecular flexibility index (Phi) is 34.4. The number of hydrogen-bond acceptors (Lipinski definition) is 14. The van der Waals surface area contributed by atoms with Crippen LogP contribution in [-0.2, 0) is 41.8 Å². The van der Waals surface area contributed by atoms with E-state index in [2.05, 4.69) is 87.9 Å². The molecule has 1 amide bonds. The molecule has 1 aliphatic rings. The third-order valence-electron chi connectivity index (χ3n) is 8.59. The van der Waals surface area contributed by atoms with E-state index in [1.807, 2.05) is 6.92 Å². The molecule has 0 aromatic carbocycles. The molecule has 374 valence electrons. The number of carbonyl (C=O) groups is 2. The van der Waals surface area contributed by atoms with Crippen LogP contribution >= 0.6 is 15.6 Å². The number of aliphatic hydroxyl groups is 5. The Morgan fingerprint density at radius 1 is 0.619 bits per heavy atom. The summed E-state index contributed by atoms with van der Waals surface area (Å²) in [5, 5.41) is 51.7. The number of rotatable bonds is 27. The van der Waals surface area contributed by atoms with Crippen molar-refractivity contribution >= 4 is 27.5 Å². The quantitative estimate of drug-likeness (QED) is 0.0125. The highest BCUT2D eigenvalue weighted by atomic mass is 31.2. The lowest BCUT2D eigenvalue weighted by Crippen LogP contribution is -2.64. The van der Waals surface area contributed by atoms with Crippen molar-refractivity contribution in [1.82, 2.24) is 5.32 Å². The van der Waals surface area contributed by atoms with Crippen LogP contribution < -0.4 is 5.32 Å². The molecular formula is C43H85NO17P2. The van der Waals surface area contributed by atoms with Crippen molar-refractivity contribution in [3.8, 4) is 71.2 Å². The highest BCUT2D eigenvalue weighted by molar-refractivity contribution is 7.47. The topological polar surface area (TPSA) is 288 Å². The number of unbranched alkanes of at least 4 members (excludes halogenated alkanes) is 12. The van der Waals surface area contributed by atoms with Crippen molar-refractivity contribution in [2.75, 3.05) is 20.0 Å². The predicted octanol–water partition coefficient (Wildman–Crippen LogP) is 5.39. The summed E-state index contributed by atoms with van der Waals surface area (Å²) in [6.45, 7) is 3.87. The lowest BCUT2D eigenvalue weighted by molar-refractivity contribution is -0.216. The lowest BCUT2D eigenvalue weighted by atomic mass is 9.85. The van der Waals surface area contributed by atoms with Crippen LogP contribution in [0.2, 0.25) is 0 Å². The number of esters is 1. The molecule has 0 aliphatic heterocycles. The van der Waals surface area contributed by atoms with Crippen LogP contribution in [0, 0.1) is 71.2 Å². The van der Waals surface area contributed by atoms with E-state index in [0.717, 1.165) is 32.1 Å². The van der Waals surface area contributed by atoms with Crippen LogP contribution in [0.1, 0.15) is 139 Å². The Hall–Kier alpha value is -3.72. The summed E-state index contributed by atoms with van der Waals surface area (Å²) in [6, 6.07) is 2.43. The van der Waals surface area contributed by atoms with E-state index in [-0.39, 0.29) is 28.0 Å². The summed E-state index contributed by atoms with van der Waals surface area (Å²) >= 11 is 0. The fourth-order valence-corrected chi connectivity index (χ4v) is 7.06. The van der Waals surface area contributed by atoms with Crippen molar-refractivity contribution in [1.29, 1.82) is 0 Å². The number of amides is 1. The van der Waals surface area contributed by atoms with Crippen molar-refractivity contribution in [2.24, 2.45) is 0 Å². The summed E-state index contributed by atoms with van der Waals surface area (Å²) in [6.07, 6.45) is 1.50. The maximum absolute atomic E-state index is 12.5. The molecule has 0 aromatic heterocycles. The first kappa shape index (κ1) is 59.3. The van der Waals surface area contributed by atoms with Crippen LogP contribution in [0.4, 0.5) is 0 Å². The third kappa shape index (κ3) is 31.7. The van der Waals surface area contributed by atoms with Gasteiger partial charge in [-0.1, -0.05) is 96.8 Å². The van der Waals surface area contributed by atoms with Gasteiger partial charge in [0.05, 0.1) is 13.2 Å². The molecule has 18 nitrogen and oxygen atoms in total. The van der Waals surface area contributed by atoms with Crippen LogP contribution in [0.15, 0.2) is 0 Å². The van der Waals surface area contributed by atoms with Crippen molar-refractivity contribution in [2.45, 2.75) is 166 Å². The van der Waals surface area contributed by atoms with Crippen LogP contribution in [0.5, 0.6) is 0 Å². The minimum absolute atomic E-state index is 0. The molecule has 1 saturated carbocycles. The smallest absolute Gasteiger partial charge is 0.457 e. The molecule has 0 spiro atoms. The van der Waals surface area contributed by atoms with Gasteiger partial charge in [0.2, 0.25) is 5.91 Å². The summed E-state index contributed by atoms with van der Waals surface area (Å²) in [7, 11) is -10.5. The number of ether oxygens (including phenoxy) is 2. The number of phosphoric acid groups is 2. The average molecular weight is 950 g/mol. The molecule has 20 heteroatoms. The van der Waals surface area contributed by atoms with E-state index in [9.17, 15) is 44.0 Å². The molecule has 1 aliphatic carbocycles. The maximum atomic E-state index is 12.5. The van der Waals surface area contributed by atoms with Gasteiger partial charge in [0, 0.05) is 64.2 Å². The van der Waals surface area contributed by atoms with Crippen molar-refractivity contribution < 1.29 is 97.7 Å². The molecule has 4 unspecified atom stereocenters. The van der Waals surface area contributed by atoms with Gasteiger partial charge in [0.25, 0.3) is 0 Å². The second-order valence-electron chi connectivity index (χ2n) is 13.9. The zero-order chi connectivity index (χ0) is 47.4. The molecule has 0 saturated heterocycles. The summed E-state index contributed by atoms with van der Waals surface area (Å²) < 4.78 is 47.5. The number of carbonyl (C=O) groups excluding carboxylic acids is 2. The minimum Gasteiger partial charge on any atom is -0.457 e. The predicted molar refractivity (Wildman–Crippen MR) is 253 cm³/mol. The Morgan fingerprint density at radius 3 is 1.57 bits per heavy atom. The zero-order valence-corrected chi connectivity index (χ0v) is 37.9. The van der Waals surface area contributed by atoms with Gasteiger partial charge in [-0.05, 0) is 49.4 Å². The third-order valence-corrected chi connectivity index (χ3v) is 10.1. The fourth-order valence-electron chi connectivity index (χ4n) is 5.52. The molecule has 9 N–H and O–H groups in total. The summed E-state index contributed by atoms with van der Waals surface area (Å²) in [5.41, 5.74) is 0. The van der Waals surface area contributed by atoms with Gasteiger partial charge in [-0.3, -0.25) is 28.5 Å². The van der Waals surface area contributed by atoms with Crippen LogP contribution in [0.25, 0.3) is 0 Å². The van der Waals surface area contributed by atoms with Gasteiger partial charge in [-0.15, -0.1) is 0 Å². The maximum Gasteiger partial charge on any atom is 0.472 e. The first-order valence-corrected chi connectivity index (χ1v) is 23.8. The minimum atomic E-state index is -5.32. The Bertz CT molecular complexity index is 1860. The normalized spacial score (nSPS) is 20.0. The van der Waals surface area contributed by atoms with E-state index >= 15 is 0 Å². The molecule has 0 aromatic rings. The SMILES string of the molecule is CC#CC#CC#CC#CC#CC#CNC(=O)CCC.CCCCCCCCCCCCCCCC(=O)O[C@H](COCO)COP(=O)(O)OC1C(O)[C@H](OP(=O)(O)O)[C@H](O)C(O)[C@@H]1O.[HH].[HH].[HH].[HH].[HH].[HH].[HH].[HH].[HH].[HH].[HH]. The van der Waals surface area contributed by atoms with Gasteiger partial charge in [0.1, 0.15) is 49.5 Å². The molecule has 1 rings (SSSR count). The average Bonchev–Trinajstić information content (AvgIpc) is 3.23. The molecule has 63 heavy (non-hydrogen) atoms. The largest absolute Gasteiger partial charge is 0.472 e. The Morgan fingerprint density at radius 2 is 1.10 bits per heavy atom. The van der Waals surface area contributed by atoms with Gasteiger partial charge in [0.15, 0.2) is 0 Å². The fraction of sp³-hybridized carbons (Fsp3) is 0.674. The second kappa shape index (κ2) is 36.6. The molecule has 8 atom stereocenters. The number of hydrogen-bond donors (Lipinski definition) is 9. The number of phosphoric ester groups is 2. The molecule has 0 heterocycles. The van der Waals surface area contributed by atoms with E-state index < -0.39 is 84.3 Å². The number of nitrogens with one attached hydrogen (secondary N) is 1. The van der Waals surface area contributed by atoms with Gasteiger partial charge in [-0.2, -0.15) is 0 Å². The van der Waals surface area contributed by atoms with E-state index in [1.54, 1.807) is 6.92 Å². The summed E-state index contributed by atoms with van der Waals surface area (Å²) in [5.74, 6) is 26.8. The van der Waals surface area contributed by atoms with Crippen molar-refractivity contribution in [3.05, 3.63) is 0 Å². The molecule has 1 fully saturated rings. The zero-order valence-electron chi connectivity index (χ0n) is 36.1. The Balaban J connectivity index is -0.000000111. The van der Waals surface area contributed by atoms with Crippen LogP contribution in [-0.4, -0.2) is 115 Å². The van der Waals surface area contributed by atoms with Gasteiger partial charge < -0.3 is 49.7 Å². The van der Waals surface area contributed by atoms with Crippen molar-refractivity contribution in [3.63, 3.8) is 0 Å². The highest BCUT2D eigenvalue weighted by Crippen LogP contribution is 2.49. The summed E-state index contributed by atoms with van der Waals surface area (Å²) in [4.78, 5) is 51.4. The number of aliphatic hydroxyl groups excluding tert-OH is 5.